The van der Waals surface area contributed by atoms with E-state index >= 15 is 0 Å². The Kier molecular flexibility index (Phi) is 7.43. The molecule has 0 fully saturated rings. The number of hydrogen-bond acceptors (Lipinski definition) is 4. The molecule has 0 atom stereocenters. The summed E-state index contributed by atoms with van der Waals surface area (Å²) in [6, 6.07) is 12.2. The minimum Gasteiger partial charge on any atom is -0.468 e. The Morgan fingerprint density at radius 2 is 1.78 bits per heavy atom. The molecule has 0 radical (unpaired) electrons. The van der Waals surface area contributed by atoms with Gasteiger partial charge in [0, 0.05) is 13.2 Å². The maximum Gasteiger partial charge on any atom is 0.331 e. The van der Waals surface area contributed by atoms with Gasteiger partial charge in [-0.05, 0) is 73.7 Å². The maximum absolute atomic E-state index is 12.3. The molecule has 146 valence electrons. The molecule has 4 heteroatoms. The van der Waals surface area contributed by atoms with Crippen molar-refractivity contribution in [2.45, 2.75) is 52.6 Å². The predicted molar refractivity (Wildman–Crippen MR) is 110 cm³/mol. The molecular weight excluding hydrogens is 340 g/mol. The summed E-state index contributed by atoms with van der Waals surface area (Å²) in [6.45, 7) is 8.01. The highest BCUT2D eigenvalue weighted by molar-refractivity contribution is 5.94. The quantitative estimate of drug-likeness (QED) is 0.338. The second-order valence-electron chi connectivity index (χ2n) is 7.58. The highest BCUT2D eigenvalue weighted by atomic mass is 16.7. The third-order valence-electron chi connectivity index (χ3n) is 4.02. The van der Waals surface area contributed by atoms with E-state index in [2.05, 4.69) is 19.1 Å². The molecule has 2 rings (SSSR count). The zero-order valence-corrected chi connectivity index (χ0v) is 17.0. The summed E-state index contributed by atoms with van der Waals surface area (Å²) in [5.41, 5.74) is 1.56. The molecule has 0 heterocycles. The smallest absolute Gasteiger partial charge is 0.331 e. The van der Waals surface area contributed by atoms with E-state index < -0.39 is 5.60 Å². The van der Waals surface area contributed by atoms with Crippen LogP contribution in [-0.2, 0) is 14.3 Å². The Morgan fingerprint density at radius 1 is 1.07 bits per heavy atom. The zero-order valence-electron chi connectivity index (χ0n) is 17.0. The van der Waals surface area contributed by atoms with Crippen molar-refractivity contribution in [3.63, 3.8) is 0 Å². The second-order valence-corrected chi connectivity index (χ2v) is 7.58. The van der Waals surface area contributed by atoms with E-state index in [1.807, 2.05) is 45.0 Å². The molecule has 4 nitrogen and oxygen atoms in total. The van der Waals surface area contributed by atoms with Gasteiger partial charge in [0.05, 0.1) is 0 Å². The van der Waals surface area contributed by atoms with Crippen molar-refractivity contribution < 1.29 is 19.0 Å². The standard InChI is InChI=1S/C23H30O4/c1-6-7-8-17(15-22(24)27-23(2,3)4)18-9-10-20-14-21(26-16-25-5)12-11-19(20)13-18/h9-15H,6-8,16H2,1-5H3/b17-15+. The van der Waals surface area contributed by atoms with Gasteiger partial charge in [0.25, 0.3) is 0 Å². The molecule has 0 aliphatic rings. The number of methoxy groups -OCH3 is 1. The van der Waals surface area contributed by atoms with Crippen molar-refractivity contribution in [3.8, 4) is 5.75 Å². The number of ether oxygens (including phenoxy) is 3. The van der Waals surface area contributed by atoms with Gasteiger partial charge < -0.3 is 14.2 Å². The molecule has 0 saturated carbocycles. The first-order valence-electron chi connectivity index (χ1n) is 9.42. The van der Waals surface area contributed by atoms with Gasteiger partial charge in [-0.2, -0.15) is 0 Å². The van der Waals surface area contributed by atoms with Gasteiger partial charge in [-0.1, -0.05) is 31.5 Å². The summed E-state index contributed by atoms with van der Waals surface area (Å²) >= 11 is 0. The molecule has 0 aliphatic carbocycles. The van der Waals surface area contributed by atoms with Gasteiger partial charge in [-0.3, -0.25) is 0 Å². The van der Waals surface area contributed by atoms with Gasteiger partial charge in [-0.15, -0.1) is 0 Å². The van der Waals surface area contributed by atoms with Crippen LogP contribution in [0.25, 0.3) is 16.3 Å². The minimum atomic E-state index is -0.495. The third-order valence-corrected chi connectivity index (χ3v) is 4.02. The molecule has 27 heavy (non-hydrogen) atoms. The molecule has 2 aromatic rings. The highest BCUT2D eigenvalue weighted by Crippen LogP contribution is 2.28. The average Bonchev–Trinajstić information content (AvgIpc) is 2.61. The largest absolute Gasteiger partial charge is 0.468 e. The van der Waals surface area contributed by atoms with Crippen molar-refractivity contribution in [1.29, 1.82) is 0 Å². The fourth-order valence-corrected chi connectivity index (χ4v) is 2.78. The van der Waals surface area contributed by atoms with Crippen LogP contribution in [0.15, 0.2) is 42.5 Å². The van der Waals surface area contributed by atoms with E-state index in [9.17, 15) is 4.79 Å². The van der Waals surface area contributed by atoms with Crippen molar-refractivity contribution in [2.75, 3.05) is 13.9 Å². The third kappa shape index (κ3) is 6.72. The molecular formula is C23H30O4. The number of carbonyl (C=O) groups excluding carboxylic acids is 1. The Labute approximate surface area is 162 Å². The number of unbranched alkanes of at least 4 members (excludes halogenated alkanes) is 1. The summed E-state index contributed by atoms with van der Waals surface area (Å²) in [4.78, 5) is 12.3. The number of esters is 1. The summed E-state index contributed by atoms with van der Waals surface area (Å²) in [5.74, 6) is 0.476. The second kappa shape index (κ2) is 9.56. The molecule has 0 spiro atoms. The Morgan fingerprint density at radius 3 is 2.44 bits per heavy atom. The van der Waals surface area contributed by atoms with Crippen LogP contribution >= 0.6 is 0 Å². The fraction of sp³-hybridized carbons (Fsp3) is 0.435. The lowest BCUT2D eigenvalue weighted by Gasteiger charge is -2.19. The first-order valence-corrected chi connectivity index (χ1v) is 9.42. The van der Waals surface area contributed by atoms with Gasteiger partial charge in [0.1, 0.15) is 11.4 Å². The molecule has 2 aromatic carbocycles. The summed E-state index contributed by atoms with van der Waals surface area (Å²) in [5, 5.41) is 2.18. The summed E-state index contributed by atoms with van der Waals surface area (Å²) in [6.07, 6.45) is 4.57. The van der Waals surface area contributed by atoms with Gasteiger partial charge in [0.15, 0.2) is 6.79 Å². The number of hydrogen-bond donors (Lipinski definition) is 0. The molecule has 0 aromatic heterocycles. The van der Waals surface area contributed by atoms with E-state index in [1.54, 1.807) is 13.2 Å². The molecule has 0 N–H and O–H groups in total. The van der Waals surface area contributed by atoms with Crippen LogP contribution in [0.2, 0.25) is 0 Å². The van der Waals surface area contributed by atoms with Crippen molar-refractivity contribution in [1.82, 2.24) is 0 Å². The number of carbonyl (C=O) groups is 1. The number of rotatable bonds is 8. The van der Waals surface area contributed by atoms with Crippen LogP contribution in [0.3, 0.4) is 0 Å². The number of benzene rings is 2. The first kappa shape index (κ1) is 21.0. The Hall–Kier alpha value is -2.33. The first-order chi connectivity index (χ1) is 12.8. The Balaban J connectivity index is 2.31. The molecule has 0 bridgehead atoms. The molecule has 0 saturated heterocycles. The lowest BCUT2D eigenvalue weighted by Crippen LogP contribution is -2.22. The fourth-order valence-electron chi connectivity index (χ4n) is 2.78. The van der Waals surface area contributed by atoms with E-state index in [-0.39, 0.29) is 12.8 Å². The monoisotopic (exact) mass is 370 g/mol. The van der Waals surface area contributed by atoms with Crippen molar-refractivity contribution in [3.05, 3.63) is 48.0 Å². The normalized spacial score (nSPS) is 12.3. The number of allylic oxidation sites excluding steroid dienone is 1. The SMILES string of the molecule is CCCC/C(=C\C(=O)OC(C)(C)C)c1ccc2cc(OCOC)ccc2c1. The van der Waals surface area contributed by atoms with Gasteiger partial charge >= 0.3 is 5.97 Å². The summed E-state index contributed by atoms with van der Waals surface area (Å²) in [7, 11) is 1.60. The van der Waals surface area contributed by atoms with E-state index in [4.69, 9.17) is 14.2 Å². The van der Waals surface area contributed by atoms with Gasteiger partial charge in [0.2, 0.25) is 0 Å². The van der Waals surface area contributed by atoms with Crippen LogP contribution in [0.4, 0.5) is 0 Å². The van der Waals surface area contributed by atoms with E-state index in [0.29, 0.717) is 0 Å². The molecule has 0 unspecified atom stereocenters. The van der Waals surface area contributed by atoms with Crippen LogP contribution in [0.1, 0.15) is 52.5 Å². The predicted octanol–water partition coefficient (Wildman–Crippen LogP) is 5.74. The topological polar surface area (TPSA) is 44.8 Å². The van der Waals surface area contributed by atoms with E-state index in [0.717, 1.165) is 46.9 Å². The van der Waals surface area contributed by atoms with E-state index in [1.165, 1.54) is 0 Å². The zero-order chi connectivity index (χ0) is 19.9. The van der Waals surface area contributed by atoms with Crippen molar-refractivity contribution >= 4 is 22.3 Å². The molecule has 0 amide bonds. The van der Waals surface area contributed by atoms with Gasteiger partial charge in [-0.25, -0.2) is 4.79 Å². The highest BCUT2D eigenvalue weighted by Gasteiger charge is 2.15. The van der Waals surface area contributed by atoms with Crippen LogP contribution < -0.4 is 4.74 Å². The van der Waals surface area contributed by atoms with Crippen LogP contribution in [-0.4, -0.2) is 25.5 Å². The lowest BCUT2D eigenvalue weighted by molar-refractivity contribution is -0.148. The molecule has 0 aliphatic heterocycles. The minimum absolute atomic E-state index is 0.226. The average molecular weight is 370 g/mol. The summed E-state index contributed by atoms with van der Waals surface area (Å²) < 4.78 is 15.9. The van der Waals surface area contributed by atoms with Crippen LogP contribution in [0, 0.1) is 0 Å². The Bertz CT molecular complexity index is 800. The maximum atomic E-state index is 12.3. The number of fused-ring (bicyclic) bond motifs is 1. The lowest BCUT2D eigenvalue weighted by atomic mass is 9.97. The van der Waals surface area contributed by atoms with Crippen LogP contribution in [0.5, 0.6) is 5.75 Å². The van der Waals surface area contributed by atoms with Crippen molar-refractivity contribution in [2.24, 2.45) is 0 Å².